The molecule has 2 N–H and O–H groups in total. The summed E-state index contributed by atoms with van der Waals surface area (Å²) in [6.07, 6.45) is 0.857. The minimum atomic E-state index is -0.415. The Labute approximate surface area is 97.6 Å². The maximum atomic E-state index is 6.13. The van der Waals surface area contributed by atoms with Crippen molar-refractivity contribution in [2.75, 3.05) is 14.2 Å². The first-order valence-electron chi connectivity index (χ1n) is 5.48. The van der Waals surface area contributed by atoms with E-state index >= 15 is 0 Å². The lowest BCUT2D eigenvalue weighted by Gasteiger charge is -2.24. The molecule has 0 bridgehead atoms. The number of ether oxygens (including phenoxy) is 2. The minimum absolute atomic E-state index is 0.415. The van der Waals surface area contributed by atoms with Crippen LogP contribution >= 0.6 is 0 Å². The second kappa shape index (κ2) is 4.74. The Kier molecular flexibility index (Phi) is 3.81. The molecule has 0 heterocycles. The second-order valence-corrected chi connectivity index (χ2v) is 4.40. The van der Waals surface area contributed by atoms with Crippen LogP contribution in [-0.2, 0) is 12.0 Å². The van der Waals surface area contributed by atoms with Gasteiger partial charge in [-0.05, 0) is 32.4 Å². The SMILES string of the molecule is CCc1c(OC)ccc(C(C)(C)N)c1OC. The summed E-state index contributed by atoms with van der Waals surface area (Å²) in [7, 11) is 3.34. The summed E-state index contributed by atoms with van der Waals surface area (Å²) in [5.41, 5.74) is 7.79. The number of nitrogens with two attached hydrogens (primary N) is 1. The van der Waals surface area contributed by atoms with Gasteiger partial charge >= 0.3 is 0 Å². The van der Waals surface area contributed by atoms with Crippen LogP contribution in [0.1, 0.15) is 31.9 Å². The fourth-order valence-corrected chi connectivity index (χ4v) is 1.88. The Hall–Kier alpha value is -1.22. The Morgan fingerprint density at radius 2 is 1.81 bits per heavy atom. The fraction of sp³-hybridized carbons (Fsp3) is 0.538. The largest absolute Gasteiger partial charge is 0.496 e. The third-order valence-electron chi connectivity index (χ3n) is 2.69. The third kappa shape index (κ3) is 2.30. The van der Waals surface area contributed by atoms with Gasteiger partial charge in [-0.15, -0.1) is 0 Å². The highest BCUT2D eigenvalue weighted by atomic mass is 16.5. The van der Waals surface area contributed by atoms with Gasteiger partial charge in [-0.25, -0.2) is 0 Å². The van der Waals surface area contributed by atoms with Crippen LogP contribution in [0.3, 0.4) is 0 Å². The summed E-state index contributed by atoms with van der Waals surface area (Å²) < 4.78 is 10.8. The number of rotatable bonds is 4. The summed E-state index contributed by atoms with van der Waals surface area (Å²) in [6.45, 7) is 6.02. The second-order valence-electron chi connectivity index (χ2n) is 4.40. The summed E-state index contributed by atoms with van der Waals surface area (Å²) in [4.78, 5) is 0. The Balaban J connectivity index is 3.43. The smallest absolute Gasteiger partial charge is 0.130 e. The normalized spacial score (nSPS) is 11.4. The van der Waals surface area contributed by atoms with Crippen molar-refractivity contribution < 1.29 is 9.47 Å². The van der Waals surface area contributed by atoms with E-state index in [1.165, 1.54) is 0 Å². The van der Waals surface area contributed by atoms with Gasteiger partial charge in [0, 0.05) is 16.7 Å². The van der Waals surface area contributed by atoms with Gasteiger partial charge in [0.15, 0.2) is 0 Å². The van der Waals surface area contributed by atoms with Gasteiger partial charge in [0.25, 0.3) is 0 Å². The molecule has 3 nitrogen and oxygen atoms in total. The van der Waals surface area contributed by atoms with Crippen molar-refractivity contribution in [3.05, 3.63) is 23.3 Å². The molecule has 90 valence electrons. The van der Waals surface area contributed by atoms with Crippen molar-refractivity contribution in [3.8, 4) is 11.5 Å². The van der Waals surface area contributed by atoms with Crippen molar-refractivity contribution in [2.45, 2.75) is 32.7 Å². The molecule has 0 aliphatic rings. The molecule has 0 aliphatic heterocycles. The molecule has 0 saturated heterocycles. The molecule has 1 aromatic carbocycles. The minimum Gasteiger partial charge on any atom is -0.496 e. The zero-order chi connectivity index (χ0) is 12.3. The highest BCUT2D eigenvalue weighted by Gasteiger charge is 2.22. The van der Waals surface area contributed by atoms with Crippen molar-refractivity contribution in [1.29, 1.82) is 0 Å². The van der Waals surface area contributed by atoms with Crippen molar-refractivity contribution in [3.63, 3.8) is 0 Å². The van der Waals surface area contributed by atoms with Gasteiger partial charge in [-0.2, -0.15) is 0 Å². The van der Waals surface area contributed by atoms with Crippen LogP contribution in [0.25, 0.3) is 0 Å². The Morgan fingerprint density at radius 1 is 1.19 bits per heavy atom. The lowest BCUT2D eigenvalue weighted by Crippen LogP contribution is -2.29. The topological polar surface area (TPSA) is 44.5 Å². The van der Waals surface area contributed by atoms with E-state index in [0.717, 1.165) is 29.0 Å². The van der Waals surface area contributed by atoms with Crippen LogP contribution in [0.2, 0.25) is 0 Å². The first kappa shape index (κ1) is 12.8. The van der Waals surface area contributed by atoms with E-state index in [1.807, 2.05) is 26.0 Å². The van der Waals surface area contributed by atoms with Gasteiger partial charge in [0.1, 0.15) is 11.5 Å². The Morgan fingerprint density at radius 3 is 2.19 bits per heavy atom. The number of benzene rings is 1. The molecule has 0 amide bonds. The maximum Gasteiger partial charge on any atom is 0.130 e. The van der Waals surface area contributed by atoms with Crippen molar-refractivity contribution >= 4 is 0 Å². The van der Waals surface area contributed by atoms with E-state index < -0.39 is 5.54 Å². The molecule has 0 unspecified atom stereocenters. The van der Waals surface area contributed by atoms with E-state index in [2.05, 4.69) is 6.92 Å². The maximum absolute atomic E-state index is 6.13. The van der Waals surface area contributed by atoms with Gasteiger partial charge in [-0.3, -0.25) is 0 Å². The van der Waals surface area contributed by atoms with Crippen LogP contribution in [0.15, 0.2) is 12.1 Å². The molecular weight excluding hydrogens is 202 g/mol. The highest BCUT2D eigenvalue weighted by Crippen LogP contribution is 2.36. The first-order valence-corrected chi connectivity index (χ1v) is 5.48. The molecule has 0 aromatic heterocycles. The molecule has 0 saturated carbocycles. The third-order valence-corrected chi connectivity index (χ3v) is 2.69. The van der Waals surface area contributed by atoms with Crippen molar-refractivity contribution in [2.24, 2.45) is 5.73 Å². The predicted octanol–water partition coefficient (Wildman–Crippen LogP) is 2.46. The summed E-state index contributed by atoms with van der Waals surface area (Å²) in [6, 6.07) is 3.92. The monoisotopic (exact) mass is 223 g/mol. The van der Waals surface area contributed by atoms with Gasteiger partial charge in [-0.1, -0.05) is 6.92 Å². The van der Waals surface area contributed by atoms with E-state index in [1.54, 1.807) is 14.2 Å². The summed E-state index contributed by atoms with van der Waals surface area (Å²) >= 11 is 0. The van der Waals surface area contributed by atoms with Crippen LogP contribution in [-0.4, -0.2) is 14.2 Å². The molecule has 0 fully saturated rings. The van der Waals surface area contributed by atoms with E-state index in [0.29, 0.717) is 0 Å². The quantitative estimate of drug-likeness (QED) is 0.852. The molecule has 0 radical (unpaired) electrons. The van der Waals surface area contributed by atoms with Crippen molar-refractivity contribution in [1.82, 2.24) is 0 Å². The average molecular weight is 223 g/mol. The highest BCUT2D eigenvalue weighted by molar-refractivity contribution is 5.52. The predicted molar refractivity (Wildman–Crippen MR) is 66.1 cm³/mol. The van der Waals surface area contributed by atoms with E-state index in [9.17, 15) is 0 Å². The molecular formula is C13H21NO2. The van der Waals surface area contributed by atoms with E-state index in [4.69, 9.17) is 15.2 Å². The average Bonchev–Trinajstić information content (AvgIpc) is 2.25. The lowest BCUT2D eigenvalue weighted by molar-refractivity contribution is 0.373. The zero-order valence-electron chi connectivity index (χ0n) is 10.8. The molecule has 0 spiro atoms. The standard InChI is InChI=1S/C13H21NO2/c1-6-9-11(15-4)8-7-10(12(9)16-5)13(2,3)14/h7-8H,6,14H2,1-5H3. The van der Waals surface area contributed by atoms with Gasteiger partial charge in [0.2, 0.25) is 0 Å². The molecule has 1 aromatic rings. The summed E-state index contributed by atoms with van der Waals surface area (Å²) in [5, 5.41) is 0. The van der Waals surface area contributed by atoms with E-state index in [-0.39, 0.29) is 0 Å². The number of hydrogen-bond donors (Lipinski definition) is 1. The molecule has 3 heteroatoms. The number of hydrogen-bond acceptors (Lipinski definition) is 3. The molecule has 0 aliphatic carbocycles. The molecule has 16 heavy (non-hydrogen) atoms. The van der Waals surface area contributed by atoms with Crippen LogP contribution < -0.4 is 15.2 Å². The van der Waals surface area contributed by atoms with Crippen LogP contribution in [0.4, 0.5) is 0 Å². The van der Waals surface area contributed by atoms with Gasteiger partial charge in [0.05, 0.1) is 14.2 Å². The summed E-state index contributed by atoms with van der Waals surface area (Å²) in [5.74, 6) is 1.70. The van der Waals surface area contributed by atoms with Gasteiger partial charge < -0.3 is 15.2 Å². The lowest BCUT2D eigenvalue weighted by atomic mass is 9.91. The zero-order valence-corrected chi connectivity index (χ0v) is 10.8. The van der Waals surface area contributed by atoms with Crippen LogP contribution in [0.5, 0.6) is 11.5 Å². The fourth-order valence-electron chi connectivity index (χ4n) is 1.88. The van der Waals surface area contributed by atoms with Crippen LogP contribution in [0, 0.1) is 0 Å². The molecule has 0 atom stereocenters. The number of methoxy groups -OCH3 is 2. The molecule has 1 rings (SSSR count). The first-order chi connectivity index (χ1) is 7.45. The Bertz CT molecular complexity index is 367.